The average Bonchev–Trinajstić information content (AvgIpc) is 3.47. The van der Waals surface area contributed by atoms with Crippen LogP contribution in [0.3, 0.4) is 0 Å². The number of hydrogen-bond donors (Lipinski definition) is 1. The lowest BCUT2D eigenvalue weighted by molar-refractivity contribution is -0.122. The van der Waals surface area contributed by atoms with Crippen molar-refractivity contribution in [2.24, 2.45) is 0 Å². The number of carbonyl (C=O) groups excluding carboxylic acids is 2. The van der Waals surface area contributed by atoms with E-state index in [0.29, 0.717) is 31.1 Å². The van der Waals surface area contributed by atoms with Crippen LogP contribution in [0.2, 0.25) is 0 Å². The van der Waals surface area contributed by atoms with Gasteiger partial charge in [0.2, 0.25) is 5.91 Å². The van der Waals surface area contributed by atoms with Crippen molar-refractivity contribution in [3.63, 3.8) is 0 Å². The number of thiophene rings is 1. The molecule has 1 aliphatic rings. The van der Waals surface area contributed by atoms with E-state index in [-0.39, 0.29) is 18.4 Å². The Kier molecular flexibility index (Phi) is 5.77. The van der Waals surface area contributed by atoms with Gasteiger partial charge in [-0.05, 0) is 36.7 Å². The molecule has 1 N–H and O–H groups in total. The van der Waals surface area contributed by atoms with Gasteiger partial charge >= 0.3 is 0 Å². The van der Waals surface area contributed by atoms with Crippen LogP contribution in [0.5, 0.6) is 0 Å². The first-order valence-corrected chi connectivity index (χ1v) is 10.4. The van der Waals surface area contributed by atoms with E-state index in [4.69, 9.17) is 4.42 Å². The maximum atomic E-state index is 12.9. The van der Waals surface area contributed by atoms with E-state index >= 15 is 0 Å². The molecule has 0 aromatic carbocycles. The molecule has 2 amide bonds. The van der Waals surface area contributed by atoms with Gasteiger partial charge in [0.15, 0.2) is 5.69 Å². The highest BCUT2D eigenvalue weighted by molar-refractivity contribution is 7.13. The second kappa shape index (κ2) is 8.62. The molecule has 0 saturated carbocycles. The van der Waals surface area contributed by atoms with Crippen molar-refractivity contribution < 1.29 is 14.0 Å². The molecule has 3 aromatic rings. The van der Waals surface area contributed by atoms with Crippen molar-refractivity contribution >= 4 is 23.2 Å². The van der Waals surface area contributed by atoms with Gasteiger partial charge in [0.1, 0.15) is 12.3 Å². The number of furan rings is 1. The Morgan fingerprint density at radius 3 is 2.72 bits per heavy atom. The molecule has 3 aromatic heterocycles. The summed E-state index contributed by atoms with van der Waals surface area (Å²) < 4.78 is 6.84. The summed E-state index contributed by atoms with van der Waals surface area (Å²) in [5.74, 6) is 0.398. The number of amides is 2. The minimum Gasteiger partial charge on any atom is -0.467 e. The number of piperazine rings is 1. The molecule has 0 spiro atoms. The molecule has 0 bridgehead atoms. The van der Waals surface area contributed by atoms with E-state index in [9.17, 15) is 9.59 Å². The Bertz CT molecular complexity index is 957. The maximum absolute atomic E-state index is 12.9. The average molecular weight is 414 g/mol. The minimum atomic E-state index is -0.194. The molecule has 8 nitrogen and oxygen atoms in total. The summed E-state index contributed by atoms with van der Waals surface area (Å²) in [7, 11) is 2.05. The Labute approximate surface area is 172 Å². The normalized spacial score (nSPS) is 14.9. The van der Waals surface area contributed by atoms with Crippen molar-refractivity contribution in [2.75, 3.05) is 33.2 Å². The summed E-state index contributed by atoms with van der Waals surface area (Å²) in [6.45, 7) is 3.40. The Balaban J connectivity index is 1.51. The monoisotopic (exact) mass is 413 g/mol. The molecule has 0 unspecified atom stereocenters. The van der Waals surface area contributed by atoms with Crippen LogP contribution >= 0.6 is 11.3 Å². The molecule has 9 heteroatoms. The highest BCUT2D eigenvalue weighted by atomic mass is 32.1. The summed E-state index contributed by atoms with van der Waals surface area (Å²) in [5.41, 5.74) is 1.14. The SMILES string of the molecule is CN1CCN(C(=O)c2cc(-c3cccs3)n(CC(=O)NCc3ccco3)n2)CC1. The van der Waals surface area contributed by atoms with E-state index < -0.39 is 0 Å². The van der Waals surface area contributed by atoms with Crippen LogP contribution in [0.1, 0.15) is 16.2 Å². The van der Waals surface area contributed by atoms with E-state index in [1.807, 2.05) is 29.5 Å². The second-order valence-electron chi connectivity index (χ2n) is 7.00. The van der Waals surface area contributed by atoms with Crippen LogP contribution in [0.25, 0.3) is 10.6 Å². The Morgan fingerprint density at radius 2 is 2.03 bits per heavy atom. The summed E-state index contributed by atoms with van der Waals surface area (Å²) in [6.07, 6.45) is 1.57. The number of nitrogens with one attached hydrogen (secondary N) is 1. The van der Waals surface area contributed by atoms with Crippen molar-refractivity contribution in [3.05, 3.63) is 53.4 Å². The van der Waals surface area contributed by atoms with Gasteiger partial charge in [-0.3, -0.25) is 14.3 Å². The third-order valence-corrected chi connectivity index (χ3v) is 5.79. The molecule has 4 rings (SSSR count). The van der Waals surface area contributed by atoms with Crippen molar-refractivity contribution in [1.82, 2.24) is 24.9 Å². The zero-order chi connectivity index (χ0) is 20.2. The number of hydrogen-bond acceptors (Lipinski definition) is 6. The molecule has 1 aliphatic heterocycles. The third kappa shape index (κ3) is 4.57. The van der Waals surface area contributed by atoms with E-state index in [1.54, 1.807) is 40.5 Å². The zero-order valence-corrected chi connectivity index (χ0v) is 17.0. The first-order valence-electron chi connectivity index (χ1n) is 9.49. The van der Waals surface area contributed by atoms with Crippen molar-refractivity contribution in [3.8, 4) is 10.6 Å². The molecular formula is C20H23N5O3S. The molecule has 29 heavy (non-hydrogen) atoms. The summed E-state index contributed by atoms with van der Waals surface area (Å²) >= 11 is 1.55. The second-order valence-corrected chi connectivity index (χ2v) is 7.95. The van der Waals surface area contributed by atoms with Gasteiger partial charge < -0.3 is 19.5 Å². The maximum Gasteiger partial charge on any atom is 0.274 e. The Hall–Kier alpha value is -2.91. The van der Waals surface area contributed by atoms with Gasteiger partial charge in [-0.25, -0.2) is 0 Å². The van der Waals surface area contributed by atoms with Crippen LogP contribution in [0.15, 0.2) is 46.4 Å². The first-order chi connectivity index (χ1) is 14.1. The quantitative estimate of drug-likeness (QED) is 0.667. The predicted octanol–water partition coefficient (Wildman–Crippen LogP) is 1.91. The molecule has 1 fully saturated rings. The molecule has 0 radical (unpaired) electrons. The zero-order valence-electron chi connectivity index (χ0n) is 16.2. The highest BCUT2D eigenvalue weighted by Crippen LogP contribution is 2.26. The van der Waals surface area contributed by atoms with Gasteiger partial charge in [-0.2, -0.15) is 5.10 Å². The standard InChI is InChI=1S/C20H23N5O3S/c1-23-6-8-24(9-7-23)20(27)16-12-17(18-5-3-11-29-18)25(22-16)14-19(26)21-13-15-4-2-10-28-15/h2-5,10-12H,6-9,13-14H2,1H3,(H,21,26). The molecule has 4 heterocycles. The minimum absolute atomic E-state index is 0.0317. The first kappa shape index (κ1) is 19.4. The van der Waals surface area contributed by atoms with Crippen molar-refractivity contribution in [2.45, 2.75) is 13.1 Å². The van der Waals surface area contributed by atoms with Gasteiger partial charge in [-0.15, -0.1) is 11.3 Å². The molecule has 0 atom stereocenters. The summed E-state index contributed by atoms with van der Waals surface area (Å²) in [6, 6.07) is 9.27. The fourth-order valence-corrected chi connectivity index (χ4v) is 3.97. The number of likely N-dealkylation sites (N-methyl/N-ethyl adjacent to an activating group) is 1. The Morgan fingerprint density at radius 1 is 1.21 bits per heavy atom. The van der Waals surface area contributed by atoms with Gasteiger partial charge in [0.25, 0.3) is 5.91 Å². The number of nitrogens with zero attached hydrogens (tertiary/aromatic N) is 4. The largest absolute Gasteiger partial charge is 0.467 e. The molecule has 152 valence electrons. The van der Waals surface area contributed by atoms with Gasteiger partial charge in [0.05, 0.1) is 23.4 Å². The van der Waals surface area contributed by atoms with E-state index in [1.165, 1.54) is 0 Å². The molecule has 1 saturated heterocycles. The number of carbonyl (C=O) groups is 2. The fourth-order valence-electron chi connectivity index (χ4n) is 3.23. The van der Waals surface area contributed by atoms with Crippen molar-refractivity contribution in [1.29, 1.82) is 0 Å². The predicted molar refractivity (Wildman–Crippen MR) is 109 cm³/mol. The smallest absolute Gasteiger partial charge is 0.274 e. The lowest BCUT2D eigenvalue weighted by Gasteiger charge is -2.31. The molecule has 0 aliphatic carbocycles. The highest BCUT2D eigenvalue weighted by Gasteiger charge is 2.24. The lowest BCUT2D eigenvalue weighted by atomic mass is 10.2. The van der Waals surface area contributed by atoms with Crippen LogP contribution in [-0.2, 0) is 17.9 Å². The topological polar surface area (TPSA) is 83.6 Å². The number of aromatic nitrogens is 2. The van der Waals surface area contributed by atoms with Crippen LogP contribution in [0, 0.1) is 0 Å². The summed E-state index contributed by atoms with van der Waals surface area (Å²) in [5, 5.41) is 9.27. The third-order valence-electron chi connectivity index (χ3n) is 4.90. The lowest BCUT2D eigenvalue weighted by Crippen LogP contribution is -2.47. The van der Waals surface area contributed by atoms with Crippen LogP contribution in [0.4, 0.5) is 0 Å². The molecular weight excluding hydrogens is 390 g/mol. The summed E-state index contributed by atoms with van der Waals surface area (Å²) in [4.78, 5) is 30.4. The van der Waals surface area contributed by atoms with E-state index in [2.05, 4.69) is 15.3 Å². The van der Waals surface area contributed by atoms with Gasteiger partial charge in [0, 0.05) is 26.2 Å². The number of rotatable bonds is 6. The van der Waals surface area contributed by atoms with Crippen LogP contribution in [-0.4, -0.2) is 64.6 Å². The van der Waals surface area contributed by atoms with Gasteiger partial charge in [-0.1, -0.05) is 6.07 Å². The fraction of sp³-hybridized carbons (Fsp3) is 0.350. The van der Waals surface area contributed by atoms with E-state index in [0.717, 1.165) is 23.7 Å². The van der Waals surface area contributed by atoms with Crippen LogP contribution < -0.4 is 5.32 Å².